The summed E-state index contributed by atoms with van der Waals surface area (Å²) in [5.74, 6) is -1.99. The lowest BCUT2D eigenvalue weighted by Gasteiger charge is -2.31. The molecule has 1 N–H and O–H groups in total. The second-order valence-electron chi connectivity index (χ2n) is 6.01. The molecule has 0 aromatic heterocycles. The number of rotatable bonds is 6. The number of halogens is 2. The van der Waals surface area contributed by atoms with Crippen molar-refractivity contribution in [3.63, 3.8) is 0 Å². The average Bonchev–Trinajstić information content (AvgIpc) is 2.52. The largest absolute Gasteiger partial charge is 0.352 e. The van der Waals surface area contributed by atoms with E-state index in [2.05, 4.69) is 17.3 Å². The summed E-state index contributed by atoms with van der Waals surface area (Å²) in [6, 6.07) is 3.65. The van der Waals surface area contributed by atoms with Gasteiger partial charge in [-0.2, -0.15) is 0 Å². The molecule has 1 aromatic rings. The molecule has 0 unspecified atom stereocenters. The molecule has 0 atom stereocenters. The summed E-state index contributed by atoms with van der Waals surface area (Å²) < 4.78 is 26.3. The number of amides is 1. The Morgan fingerprint density at radius 3 is 2.68 bits per heavy atom. The van der Waals surface area contributed by atoms with Crippen molar-refractivity contribution in [2.45, 2.75) is 44.6 Å². The fraction of sp³-hybridized carbons (Fsp3) is 0.588. The lowest BCUT2D eigenvalue weighted by molar-refractivity contribution is 0.0946. The van der Waals surface area contributed by atoms with Gasteiger partial charge in [0.25, 0.3) is 5.91 Å². The summed E-state index contributed by atoms with van der Waals surface area (Å²) in [7, 11) is 2.12. The maximum atomic E-state index is 13.5. The Hall–Kier alpha value is -1.49. The van der Waals surface area contributed by atoms with Crippen LogP contribution in [0.25, 0.3) is 0 Å². The first-order valence-electron chi connectivity index (χ1n) is 8.01. The lowest BCUT2D eigenvalue weighted by Crippen LogP contribution is -2.36. The van der Waals surface area contributed by atoms with Crippen LogP contribution in [0.15, 0.2) is 18.2 Å². The van der Waals surface area contributed by atoms with Crippen LogP contribution in [0.3, 0.4) is 0 Å². The predicted octanol–water partition coefficient (Wildman–Crippen LogP) is 3.35. The molecule has 0 radical (unpaired) electrons. The van der Waals surface area contributed by atoms with Crippen LogP contribution in [0, 0.1) is 11.6 Å². The van der Waals surface area contributed by atoms with E-state index in [1.807, 2.05) is 0 Å². The van der Waals surface area contributed by atoms with Gasteiger partial charge in [-0.1, -0.05) is 19.3 Å². The molecule has 5 heteroatoms. The van der Waals surface area contributed by atoms with Crippen LogP contribution in [0.5, 0.6) is 0 Å². The van der Waals surface area contributed by atoms with Gasteiger partial charge in [0.05, 0.1) is 5.56 Å². The number of nitrogens with zero attached hydrogens (tertiary/aromatic N) is 1. The number of hydrogen-bond acceptors (Lipinski definition) is 2. The van der Waals surface area contributed by atoms with E-state index in [0.717, 1.165) is 25.1 Å². The quantitative estimate of drug-likeness (QED) is 0.817. The summed E-state index contributed by atoms with van der Waals surface area (Å²) >= 11 is 0. The third-order valence-electron chi connectivity index (χ3n) is 4.35. The second-order valence-corrected chi connectivity index (χ2v) is 6.01. The topological polar surface area (TPSA) is 32.3 Å². The van der Waals surface area contributed by atoms with Gasteiger partial charge in [-0.05, 0) is 45.0 Å². The molecule has 0 heterocycles. The standard InChI is InChI=1S/C17H24F2N2O/c1-21(14-6-3-2-4-7-14)11-5-10-20-17(22)15-9-8-13(18)12-16(15)19/h8-9,12,14H,2-7,10-11H2,1H3,(H,20,22). The molecule has 3 nitrogen and oxygen atoms in total. The van der Waals surface area contributed by atoms with Crippen molar-refractivity contribution in [2.24, 2.45) is 0 Å². The van der Waals surface area contributed by atoms with Gasteiger partial charge >= 0.3 is 0 Å². The molecule has 1 aliphatic carbocycles. The number of nitrogens with one attached hydrogen (secondary N) is 1. The Bertz CT molecular complexity index is 501. The van der Waals surface area contributed by atoms with Gasteiger partial charge in [0.2, 0.25) is 0 Å². The molecule has 1 aromatic carbocycles. The summed E-state index contributed by atoms with van der Waals surface area (Å²) in [5, 5.41) is 2.69. The van der Waals surface area contributed by atoms with Crippen molar-refractivity contribution in [1.29, 1.82) is 0 Å². The van der Waals surface area contributed by atoms with Crippen LogP contribution in [0.2, 0.25) is 0 Å². The van der Waals surface area contributed by atoms with Crippen LogP contribution in [0.1, 0.15) is 48.9 Å². The normalized spacial score (nSPS) is 16.0. The Balaban J connectivity index is 1.70. The molecule has 1 saturated carbocycles. The first-order valence-corrected chi connectivity index (χ1v) is 8.01. The number of benzene rings is 1. The number of carbonyl (C=O) groups is 1. The summed E-state index contributed by atoms with van der Waals surface area (Å²) in [6.45, 7) is 1.41. The average molecular weight is 310 g/mol. The van der Waals surface area contributed by atoms with Crippen molar-refractivity contribution in [2.75, 3.05) is 20.1 Å². The molecule has 122 valence electrons. The highest BCUT2D eigenvalue weighted by molar-refractivity contribution is 5.94. The molecular formula is C17H24F2N2O. The van der Waals surface area contributed by atoms with E-state index in [9.17, 15) is 13.6 Å². The molecule has 0 saturated heterocycles. The Morgan fingerprint density at radius 1 is 1.27 bits per heavy atom. The third-order valence-corrected chi connectivity index (χ3v) is 4.35. The minimum atomic E-state index is -0.822. The van der Waals surface area contributed by atoms with Crippen LogP contribution < -0.4 is 5.32 Å². The molecule has 2 rings (SSSR count). The van der Waals surface area contributed by atoms with E-state index in [1.54, 1.807) is 0 Å². The van der Waals surface area contributed by atoms with Gasteiger partial charge in [0.1, 0.15) is 11.6 Å². The fourth-order valence-corrected chi connectivity index (χ4v) is 3.00. The van der Waals surface area contributed by atoms with E-state index in [4.69, 9.17) is 0 Å². The van der Waals surface area contributed by atoms with Crippen molar-refractivity contribution >= 4 is 5.91 Å². The van der Waals surface area contributed by atoms with Crippen molar-refractivity contribution in [3.8, 4) is 0 Å². The fourth-order valence-electron chi connectivity index (χ4n) is 3.00. The molecule has 1 amide bonds. The number of carbonyl (C=O) groups excluding carboxylic acids is 1. The first kappa shape index (κ1) is 16.9. The molecule has 1 aliphatic rings. The molecular weight excluding hydrogens is 286 g/mol. The summed E-state index contributed by atoms with van der Waals surface area (Å²) in [4.78, 5) is 14.2. The minimum absolute atomic E-state index is 0.109. The second kappa shape index (κ2) is 8.22. The Kier molecular flexibility index (Phi) is 6.31. The smallest absolute Gasteiger partial charge is 0.254 e. The zero-order valence-electron chi connectivity index (χ0n) is 13.1. The summed E-state index contributed by atoms with van der Waals surface area (Å²) in [5.41, 5.74) is -0.109. The van der Waals surface area contributed by atoms with Crippen LogP contribution >= 0.6 is 0 Å². The van der Waals surface area contributed by atoms with E-state index in [1.165, 1.54) is 38.2 Å². The zero-order valence-corrected chi connectivity index (χ0v) is 13.1. The minimum Gasteiger partial charge on any atom is -0.352 e. The van der Waals surface area contributed by atoms with Crippen LogP contribution in [-0.4, -0.2) is 37.0 Å². The Morgan fingerprint density at radius 2 is 2.00 bits per heavy atom. The van der Waals surface area contributed by atoms with Crippen molar-refractivity contribution in [1.82, 2.24) is 10.2 Å². The van der Waals surface area contributed by atoms with Gasteiger partial charge in [0.15, 0.2) is 0 Å². The van der Waals surface area contributed by atoms with Gasteiger partial charge in [-0.3, -0.25) is 4.79 Å². The van der Waals surface area contributed by atoms with E-state index in [0.29, 0.717) is 12.6 Å². The number of hydrogen-bond donors (Lipinski definition) is 1. The zero-order chi connectivity index (χ0) is 15.9. The van der Waals surface area contributed by atoms with Gasteiger partial charge in [0, 0.05) is 18.7 Å². The molecule has 22 heavy (non-hydrogen) atoms. The Labute approximate surface area is 130 Å². The highest BCUT2D eigenvalue weighted by Gasteiger charge is 2.17. The van der Waals surface area contributed by atoms with Crippen LogP contribution in [-0.2, 0) is 0 Å². The van der Waals surface area contributed by atoms with E-state index >= 15 is 0 Å². The monoisotopic (exact) mass is 310 g/mol. The maximum Gasteiger partial charge on any atom is 0.254 e. The lowest BCUT2D eigenvalue weighted by atomic mass is 9.94. The maximum absolute atomic E-state index is 13.5. The predicted molar refractivity (Wildman–Crippen MR) is 82.8 cm³/mol. The summed E-state index contributed by atoms with van der Waals surface area (Å²) in [6.07, 6.45) is 7.27. The SMILES string of the molecule is CN(CCCNC(=O)c1ccc(F)cc1F)C1CCCCC1. The van der Waals surface area contributed by atoms with Crippen LogP contribution in [0.4, 0.5) is 8.78 Å². The third kappa shape index (κ3) is 4.77. The van der Waals surface area contributed by atoms with E-state index in [-0.39, 0.29) is 5.56 Å². The van der Waals surface area contributed by atoms with Gasteiger partial charge < -0.3 is 10.2 Å². The highest BCUT2D eigenvalue weighted by Crippen LogP contribution is 2.21. The van der Waals surface area contributed by atoms with Crippen molar-refractivity contribution in [3.05, 3.63) is 35.4 Å². The van der Waals surface area contributed by atoms with Gasteiger partial charge in [-0.15, -0.1) is 0 Å². The van der Waals surface area contributed by atoms with Gasteiger partial charge in [-0.25, -0.2) is 8.78 Å². The molecule has 0 bridgehead atoms. The molecule has 0 spiro atoms. The molecule has 0 aliphatic heterocycles. The molecule has 1 fully saturated rings. The van der Waals surface area contributed by atoms with Crippen molar-refractivity contribution < 1.29 is 13.6 Å². The van der Waals surface area contributed by atoms with E-state index < -0.39 is 17.5 Å². The highest BCUT2D eigenvalue weighted by atomic mass is 19.1. The first-order chi connectivity index (χ1) is 10.6.